The summed E-state index contributed by atoms with van der Waals surface area (Å²) in [5.41, 5.74) is 0.126. The van der Waals surface area contributed by atoms with Gasteiger partial charge in [-0.3, -0.25) is 9.59 Å². The number of hydrogen-bond donors (Lipinski definition) is 2. The van der Waals surface area contributed by atoms with Gasteiger partial charge in [-0.25, -0.2) is 0 Å². The first kappa shape index (κ1) is 21.6. The van der Waals surface area contributed by atoms with E-state index in [0.29, 0.717) is 44.0 Å². The van der Waals surface area contributed by atoms with Gasteiger partial charge in [-0.15, -0.1) is 23.2 Å². The molecular formula is C18H32Cl2N2O2. The molecule has 2 atom stereocenters. The molecule has 1 saturated carbocycles. The molecule has 4 nitrogen and oxygen atoms in total. The molecule has 0 spiro atoms. The Morgan fingerprint density at radius 1 is 1.00 bits per heavy atom. The summed E-state index contributed by atoms with van der Waals surface area (Å²) < 4.78 is 0. The number of carbonyl (C=O) groups is 2. The van der Waals surface area contributed by atoms with Crippen LogP contribution in [0.5, 0.6) is 0 Å². The van der Waals surface area contributed by atoms with Crippen LogP contribution in [-0.4, -0.2) is 36.2 Å². The van der Waals surface area contributed by atoms with Crippen LogP contribution in [0.15, 0.2) is 0 Å². The predicted molar refractivity (Wildman–Crippen MR) is 101 cm³/mol. The van der Waals surface area contributed by atoms with Crippen LogP contribution < -0.4 is 10.6 Å². The summed E-state index contributed by atoms with van der Waals surface area (Å²) in [5, 5.41) is 6.20. The zero-order valence-electron chi connectivity index (χ0n) is 15.2. The minimum Gasteiger partial charge on any atom is -0.356 e. The van der Waals surface area contributed by atoms with Gasteiger partial charge in [-0.2, -0.15) is 0 Å². The van der Waals surface area contributed by atoms with Gasteiger partial charge >= 0.3 is 0 Å². The van der Waals surface area contributed by atoms with E-state index in [-0.39, 0.29) is 28.7 Å². The van der Waals surface area contributed by atoms with Crippen molar-refractivity contribution in [2.45, 2.75) is 71.8 Å². The molecule has 6 heteroatoms. The van der Waals surface area contributed by atoms with Gasteiger partial charge in [0.2, 0.25) is 11.8 Å². The van der Waals surface area contributed by atoms with Crippen molar-refractivity contribution in [1.82, 2.24) is 10.6 Å². The first-order valence-electron chi connectivity index (χ1n) is 8.88. The molecule has 0 aromatic heterocycles. The van der Waals surface area contributed by atoms with Crippen molar-refractivity contribution >= 4 is 35.0 Å². The summed E-state index contributed by atoms with van der Waals surface area (Å²) in [6.45, 7) is 7.31. The molecule has 2 N–H and O–H groups in total. The second-order valence-electron chi connectivity index (χ2n) is 8.19. The molecule has 0 radical (unpaired) electrons. The summed E-state index contributed by atoms with van der Waals surface area (Å²) in [6.07, 6.45) is 5.25. The lowest BCUT2D eigenvalue weighted by Gasteiger charge is -2.47. The highest BCUT2D eigenvalue weighted by Gasteiger charge is 2.41. The van der Waals surface area contributed by atoms with E-state index < -0.39 is 0 Å². The molecule has 24 heavy (non-hydrogen) atoms. The van der Waals surface area contributed by atoms with Gasteiger partial charge in [0.25, 0.3) is 0 Å². The summed E-state index contributed by atoms with van der Waals surface area (Å²) in [4.78, 5) is 23.9. The molecule has 140 valence electrons. The molecular weight excluding hydrogens is 347 g/mol. The first-order chi connectivity index (χ1) is 11.2. The van der Waals surface area contributed by atoms with Crippen LogP contribution >= 0.6 is 23.2 Å². The lowest BCUT2D eigenvalue weighted by molar-refractivity contribution is -0.124. The van der Waals surface area contributed by atoms with Gasteiger partial charge in [0.05, 0.1) is 0 Å². The third kappa shape index (κ3) is 8.06. The Morgan fingerprint density at radius 3 is 2.17 bits per heavy atom. The van der Waals surface area contributed by atoms with Crippen molar-refractivity contribution < 1.29 is 9.59 Å². The summed E-state index contributed by atoms with van der Waals surface area (Å²) >= 11 is 11.3. The standard InChI is InChI=1S/C18H32Cl2N2O2/c1-17(2)10-14(22-16(24)7-5-9-20)11-18(3,12-17)13-21-15(23)6-4-8-19/h14H,4-13H2,1-3H3,(H,21,23)(H,22,24). The molecule has 0 heterocycles. The Kier molecular flexibility index (Phi) is 8.86. The van der Waals surface area contributed by atoms with Crippen molar-refractivity contribution in [3.8, 4) is 0 Å². The van der Waals surface area contributed by atoms with E-state index in [0.717, 1.165) is 19.3 Å². The van der Waals surface area contributed by atoms with Crippen LogP contribution in [0.3, 0.4) is 0 Å². The molecule has 1 aliphatic rings. The maximum Gasteiger partial charge on any atom is 0.220 e. The van der Waals surface area contributed by atoms with Gasteiger partial charge in [-0.05, 0) is 42.9 Å². The average Bonchev–Trinajstić information content (AvgIpc) is 2.47. The topological polar surface area (TPSA) is 58.2 Å². The molecule has 1 fully saturated rings. The number of amides is 2. The van der Waals surface area contributed by atoms with Crippen LogP contribution in [0.1, 0.15) is 65.7 Å². The number of halogens is 2. The lowest BCUT2D eigenvalue weighted by atomic mass is 9.62. The molecule has 0 aromatic rings. The molecule has 1 rings (SSSR count). The van der Waals surface area contributed by atoms with Crippen molar-refractivity contribution in [1.29, 1.82) is 0 Å². The van der Waals surface area contributed by atoms with Crippen molar-refractivity contribution in [2.75, 3.05) is 18.3 Å². The third-order valence-electron chi connectivity index (χ3n) is 4.60. The van der Waals surface area contributed by atoms with Crippen LogP contribution in [0.25, 0.3) is 0 Å². The van der Waals surface area contributed by atoms with E-state index in [9.17, 15) is 9.59 Å². The Labute approximate surface area is 156 Å². The molecule has 0 aromatic carbocycles. The first-order valence-corrected chi connectivity index (χ1v) is 9.95. The van der Waals surface area contributed by atoms with Crippen LogP contribution in [0.4, 0.5) is 0 Å². The Hall–Kier alpha value is -0.480. The molecule has 2 amide bonds. The minimum atomic E-state index is -0.0111. The maximum absolute atomic E-state index is 12.0. The SMILES string of the molecule is CC1(C)CC(NC(=O)CCCCl)CC(C)(CNC(=O)CCCCl)C1. The number of alkyl halides is 2. The third-order valence-corrected chi connectivity index (χ3v) is 5.13. The predicted octanol–water partition coefficient (Wildman–Crippen LogP) is 3.84. The van der Waals surface area contributed by atoms with Crippen LogP contribution in [0, 0.1) is 10.8 Å². The Morgan fingerprint density at radius 2 is 1.58 bits per heavy atom. The Bertz CT molecular complexity index is 429. The summed E-state index contributed by atoms with van der Waals surface area (Å²) in [7, 11) is 0. The molecule has 1 aliphatic carbocycles. The number of carbonyl (C=O) groups excluding carboxylic acids is 2. The maximum atomic E-state index is 12.0. The smallest absolute Gasteiger partial charge is 0.220 e. The molecule has 0 aliphatic heterocycles. The highest BCUT2D eigenvalue weighted by Crippen LogP contribution is 2.45. The molecule has 0 saturated heterocycles. The van der Waals surface area contributed by atoms with Crippen molar-refractivity contribution in [2.24, 2.45) is 10.8 Å². The average molecular weight is 379 g/mol. The summed E-state index contributed by atoms with van der Waals surface area (Å²) in [5.74, 6) is 1.15. The fraction of sp³-hybridized carbons (Fsp3) is 0.889. The molecule has 0 bridgehead atoms. The van der Waals surface area contributed by atoms with Crippen LogP contribution in [-0.2, 0) is 9.59 Å². The quantitative estimate of drug-likeness (QED) is 0.598. The van der Waals surface area contributed by atoms with E-state index in [4.69, 9.17) is 23.2 Å². The monoisotopic (exact) mass is 378 g/mol. The zero-order valence-corrected chi connectivity index (χ0v) is 16.7. The largest absolute Gasteiger partial charge is 0.356 e. The van der Waals surface area contributed by atoms with Gasteiger partial charge in [0.15, 0.2) is 0 Å². The summed E-state index contributed by atoms with van der Waals surface area (Å²) in [6, 6.07) is 0.154. The van der Waals surface area contributed by atoms with E-state index in [2.05, 4.69) is 31.4 Å². The second kappa shape index (κ2) is 9.86. The highest BCUT2D eigenvalue weighted by molar-refractivity contribution is 6.18. The van der Waals surface area contributed by atoms with E-state index in [1.54, 1.807) is 0 Å². The number of rotatable bonds is 9. The van der Waals surface area contributed by atoms with E-state index >= 15 is 0 Å². The lowest BCUT2D eigenvalue weighted by Crippen LogP contribution is -2.50. The van der Waals surface area contributed by atoms with Crippen LogP contribution in [0.2, 0.25) is 0 Å². The van der Waals surface area contributed by atoms with Gasteiger partial charge in [-0.1, -0.05) is 20.8 Å². The fourth-order valence-corrected chi connectivity index (χ4v) is 4.29. The van der Waals surface area contributed by atoms with Crippen molar-refractivity contribution in [3.63, 3.8) is 0 Å². The van der Waals surface area contributed by atoms with E-state index in [1.165, 1.54) is 0 Å². The number of hydrogen-bond acceptors (Lipinski definition) is 2. The normalized spacial score (nSPS) is 26.0. The Balaban J connectivity index is 2.59. The van der Waals surface area contributed by atoms with Gasteiger partial charge < -0.3 is 10.6 Å². The van der Waals surface area contributed by atoms with Crippen molar-refractivity contribution in [3.05, 3.63) is 0 Å². The number of nitrogens with one attached hydrogen (secondary N) is 2. The zero-order chi connectivity index (χ0) is 18.2. The fourth-order valence-electron chi connectivity index (χ4n) is 4.03. The van der Waals surface area contributed by atoms with Gasteiger partial charge in [0.1, 0.15) is 0 Å². The molecule has 2 unspecified atom stereocenters. The van der Waals surface area contributed by atoms with Gasteiger partial charge in [0, 0.05) is 37.2 Å². The van der Waals surface area contributed by atoms with E-state index in [1.807, 2.05) is 0 Å². The highest BCUT2D eigenvalue weighted by atomic mass is 35.5. The minimum absolute atomic E-state index is 0.0111. The second-order valence-corrected chi connectivity index (χ2v) is 8.94.